The van der Waals surface area contributed by atoms with Crippen LogP contribution >= 0.6 is 11.8 Å². The zero-order chi connectivity index (χ0) is 12.2. The molecule has 0 aliphatic heterocycles. The van der Waals surface area contributed by atoms with Crippen LogP contribution in [-0.2, 0) is 0 Å². The summed E-state index contributed by atoms with van der Waals surface area (Å²) < 4.78 is 12.7. The molecule has 0 aromatic heterocycles. The van der Waals surface area contributed by atoms with Crippen LogP contribution in [0.5, 0.6) is 0 Å². The van der Waals surface area contributed by atoms with Crippen molar-refractivity contribution in [2.45, 2.75) is 36.0 Å². The summed E-state index contributed by atoms with van der Waals surface area (Å²) in [6.07, 6.45) is 0.603. The first-order valence-corrected chi connectivity index (χ1v) is 5.93. The molecule has 0 radical (unpaired) electrons. The lowest BCUT2D eigenvalue weighted by atomic mass is 10.00. The Labute approximate surface area is 99.6 Å². The van der Waals surface area contributed by atoms with Gasteiger partial charge in [0.05, 0.1) is 6.07 Å². The number of halogens is 1. The van der Waals surface area contributed by atoms with Crippen molar-refractivity contribution in [2.75, 3.05) is 0 Å². The van der Waals surface area contributed by atoms with Gasteiger partial charge < -0.3 is 5.73 Å². The molecular formula is C12H15FN2S. The summed E-state index contributed by atoms with van der Waals surface area (Å²) in [6.45, 7) is 3.73. The van der Waals surface area contributed by atoms with Crippen LogP contribution in [0.3, 0.4) is 0 Å². The first kappa shape index (κ1) is 13.0. The van der Waals surface area contributed by atoms with E-state index in [-0.39, 0.29) is 11.1 Å². The second-order valence-electron chi connectivity index (χ2n) is 4.12. The van der Waals surface area contributed by atoms with Crippen molar-refractivity contribution >= 4 is 11.8 Å². The van der Waals surface area contributed by atoms with Crippen LogP contribution in [0.25, 0.3) is 0 Å². The number of benzene rings is 1. The smallest absolute Gasteiger partial charge is 0.123 e. The van der Waals surface area contributed by atoms with Crippen molar-refractivity contribution in [1.29, 1.82) is 5.26 Å². The number of thioether (sulfide) groups is 1. The summed E-state index contributed by atoms with van der Waals surface area (Å²) >= 11 is 1.60. The number of hydrogen-bond donors (Lipinski definition) is 1. The normalized spacial score (nSPS) is 16.2. The minimum absolute atomic E-state index is 0.222. The third-order valence-electron chi connectivity index (χ3n) is 2.12. The van der Waals surface area contributed by atoms with E-state index < -0.39 is 5.54 Å². The van der Waals surface area contributed by atoms with Crippen molar-refractivity contribution in [2.24, 2.45) is 5.73 Å². The zero-order valence-corrected chi connectivity index (χ0v) is 10.2. The van der Waals surface area contributed by atoms with E-state index in [1.807, 2.05) is 6.92 Å². The Morgan fingerprint density at radius 2 is 2.06 bits per heavy atom. The van der Waals surface area contributed by atoms with Crippen molar-refractivity contribution in [1.82, 2.24) is 0 Å². The fourth-order valence-electron chi connectivity index (χ4n) is 1.43. The molecule has 0 spiro atoms. The lowest BCUT2D eigenvalue weighted by Crippen LogP contribution is -2.36. The van der Waals surface area contributed by atoms with Crippen LogP contribution in [0, 0.1) is 17.1 Å². The van der Waals surface area contributed by atoms with Gasteiger partial charge in [-0.1, -0.05) is 6.92 Å². The second-order valence-corrected chi connectivity index (χ2v) is 5.63. The van der Waals surface area contributed by atoms with Crippen molar-refractivity contribution in [3.05, 3.63) is 30.1 Å². The van der Waals surface area contributed by atoms with Crippen molar-refractivity contribution in [3.8, 4) is 6.07 Å². The average molecular weight is 238 g/mol. The number of rotatable bonds is 4. The van der Waals surface area contributed by atoms with Gasteiger partial charge >= 0.3 is 0 Å². The summed E-state index contributed by atoms with van der Waals surface area (Å²) in [5.41, 5.74) is 4.96. The molecule has 1 aromatic carbocycles. The van der Waals surface area contributed by atoms with Gasteiger partial charge in [0.25, 0.3) is 0 Å². The Morgan fingerprint density at radius 1 is 1.50 bits per heavy atom. The minimum Gasteiger partial charge on any atom is -0.314 e. The molecule has 0 bridgehead atoms. The Kier molecular flexibility index (Phi) is 4.34. The standard InChI is InChI=1S/C12H15FN2S/c1-9(7-12(2,15)8-14)16-11-5-3-10(13)4-6-11/h3-6,9H,7,15H2,1-2H3. The van der Waals surface area contributed by atoms with Gasteiger partial charge in [-0.25, -0.2) is 4.39 Å². The van der Waals surface area contributed by atoms with Gasteiger partial charge in [0.15, 0.2) is 0 Å². The lowest BCUT2D eigenvalue weighted by molar-refractivity contribution is 0.545. The summed E-state index contributed by atoms with van der Waals surface area (Å²) in [7, 11) is 0. The van der Waals surface area contributed by atoms with Crippen LogP contribution in [-0.4, -0.2) is 10.8 Å². The van der Waals surface area contributed by atoms with Gasteiger partial charge in [-0.2, -0.15) is 5.26 Å². The molecule has 1 aromatic rings. The molecule has 0 saturated heterocycles. The molecule has 2 nitrogen and oxygen atoms in total. The van der Waals surface area contributed by atoms with Gasteiger partial charge in [0, 0.05) is 10.1 Å². The minimum atomic E-state index is -0.799. The SMILES string of the molecule is CC(CC(C)(N)C#N)Sc1ccc(F)cc1. The first-order valence-electron chi connectivity index (χ1n) is 5.05. The van der Waals surface area contributed by atoms with E-state index in [9.17, 15) is 4.39 Å². The number of hydrogen-bond acceptors (Lipinski definition) is 3. The molecule has 86 valence electrons. The zero-order valence-electron chi connectivity index (χ0n) is 9.40. The lowest BCUT2D eigenvalue weighted by Gasteiger charge is -2.20. The highest BCUT2D eigenvalue weighted by Gasteiger charge is 2.21. The van der Waals surface area contributed by atoms with Crippen LogP contribution in [0.2, 0.25) is 0 Å². The molecule has 0 fully saturated rings. The second kappa shape index (κ2) is 5.33. The maximum Gasteiger partial charge on any atom is 0.123 e. The fraction of sp³-hybridized carbons (Fsp3) is 0.417. The Hall–Kier alpha value is -1.05. The molecule has 0 aliphatic carbocycles. The number of nitrogens with two attached hydrogens (primary N) is 1. The molecule has 0 amide bonds. The fourth-order valence-corrected chi connectivity index (χ4v) is 2.62. The maximum atomic E-state index is 12.7. The molecule has 2 N–H and O–H groups in total. The van der Waals surface area contributed by atoms with Crippen molar-refractivity contribution < 1.29 is 4.39 Å². The largest absolute Gasteiger partial charge is 0.314 e. The van der Waals surface area contributed by atoms with Crippen LogP contribution in [0.1, 0.15) is 20.3 Å². The third kappa shape index (κ3) is 4.21. The quantitative estimate of drug-likeness (QED) is 0.820. The summed E-state index contributed by atoms with van der Waals surface area (Å²) in [5.74, 6) is -0.238. The van der Waals surface area contributed by atoms with Crippen molar-refractivity contribution in [3.63, 3.8) is 0 Å². The highest BCUT2D eigenvalue weighted by atomic mass is 32.2. The third-order valence-corrected chi connectivity index (χ3v) is 3.23. The molecule has 4 heteroatoms. The number of nitrogens with zero attached hydrogens (tertiary/aromatic N) is 1. The van der Waals surface area contributed by atoms with Gasteiger partial charge in [-0.05, 0) is 37.6 Å². The maximum absolute atomic E-state index is 12.7. The van der Waals surface area contributed by atoms with E-state index in [1.165, 1.54) is 12.1 Å². The molecule has 2 unspecified atom stereocenters. The molecule has 0 heterocycles. The predicted molar refractivity (Wildman–Crippen MR) is 64.5 cm³/mol. The highest BCUT2D eigenvalue weighted by Crippen LogP contribution is 2.27. The summed E-state index contributed by atoms with van der Waals surface area (Å²) in [6, 6.07) is 8.40. The Morgan fingerprint density at radius 3 is 2.56 bits per heavy atom. The van der Waals surface area contributed by atoms with E-state index in [0.29, 0.717) is 6.42 Å². The summed E-state index contributed by atoms with van der Waals surface area (Å²) in [4.78, 5) is 0.989. The first-order chi connectivity index (χ1) is 7.43. The Bertz CT molecular complexity index is 381. The topological polar surface area (TPSA) is 49.8 Å². The Balaban J connectivity index is 2.55. The predicted octanol–water partition coefficient (Wildman–Crippen LogP) is 2.94. The molecular weight excluding hydrogens is 223 g/mol. The van der Waals surface area contributed by atoms with Crippen LogP contribution in [0.15, 0.2) is 29.2 Å². The van der Waals surface area contributed by atoms with E-state index in [0.717, 1.165) is 4.90 Å². The van der Waals surface area contributed by atoms with Crippen LogP contribution < -0.4 is 5.73 Å². The van der Waals surface area contributed by atoms with E-state index in [1.54, 1.807) is 30.8 Å². The summed E-state index contributed by atoms with van der Waals surface area (Å²) in [5, 5.41) is 9.03. The van der Waals surface area contributed by atoms with Gasteiger partial charge in [-0.15, -0.1) is 11.8 Å². The number of nitriles is 1. The molecule has 16 heavy (non-hydrogen) atoms. The molecule has 0 saturated carbocycles. The average Bonchev–Trinajstić information content (AvgIpc) is 2.21. The van der Waals surface area contributed by atoms with Gasteiger partial charge in [0.1, 0.15) is 11.4 Å². The highest BCUT2D eigenvalue weighted by molar-refractivity contribution is 7.99. The molecule has 0 aliphatic rings. The van der Waals surface area contributed by atoms with Gasteiger partial charge in [0.2, 0.25) is 0 Å². The van der Waals surface area contributed by atoms with Gasteiger partial charge in [-0.3, -0.25) is 0 Å². The van der Waals surface area contributed by atoms with E-state index in [4.69, 9.17) is 11.0 Å². The van der Waals surface area contributed by atoms with E-state index >= 15 is 0 Å². The monoisotopic (exact) mass is 238 g/mol. The molecule has 1 rings (SSSR count). The van der Waals surface area contributed by atoms with Crippen LogP contribution in [0.4, 0.5) is 4.39 Å². The van der Waals surface area contributed by atoms with E-state index in [2.05, 4.69) is 6.07 Å². The molecule has 2 atom stereocenters.